The highest BCUT2D eigenvalue weighted by Crippen LogP contribution is 2.28. The van der Waals surface area contributed by atoms with Crippen LogP contribution in [-0.2, 0) is 9.59 Å². The Bertz CT molecular complexity index is 337. The molecule has 0 saturated carbocycles. The van der Waals surface area contributed by atoms with E-state index in [0.717, 1.165) is 32.2 Å². The largest absolute Gasteiger partial charge is 0.481 e. The van der Waals surface area contributed by atoms with Crippen LogP contribution in [0.3, 0.4) is 0 Å². The molecule has 2 aliphatic heterocycles. The summed E-state index contributed by atoms with van der Waals surface area (Å²) in [6.45, 7) is 3.98. The minimum absolute atomic E-state index is 0.105. The van der Waals surface area contributed by atoms with Crippen molar-refractivity contribution in [2.75, 3.05) is 19.6 Å². The minimum atomic E-state index is -0.780. The summed E-state index contributed by atoms with van der Waals surface area (Å²) >= 11 is 0. The molecule has 2 aliphatic rings. The molecule has 0 aromatic heterocycles. The van der Waals surface area contributed by atoms with Crippen molar-refractivity contribution in [3.63, 3.8) is 0 Å². The number of likely N-dealkylation sites (tertiary alicyclic amines) is 1. The van der Waals surface area contributed by atoms with Crippen LogP contribution in [0.2, 0.25) is 0 Å². The number of carboxylic acid groups (broad SMARTS) is 1. The summed E-state index contributed by atoms with van der Waals surface area (Å²) in [4.78, 5) is 25.4. The van der Waals surface area contributed by atoms with E-state index in [1.165, 1.54) is 0 Å². The molecule has 102 valence electrons. The number of carbonyl (C=O) groups is 2. The lowest BCUT2D eigenvalue weighted by molar-refractivity contribution is -0.147. The van der Waals surface area contributed by atoms with E-state index >= 15 is 0 Å². The molecule has 18 heavy (non-hydrogen) atoms. The second kappa shape index (κ2) is 5.26. The Morgan fingerprint density at radius 3 is 2.78 bits per heavy atom. The van der Waals surface area contributed by atoms with E-state index in [0.29, 0.717) is 19.5 Å². The topological polar surface area (TPSA) is 69.6 Å². The molecule has 1 amide bonds. The number of hydrogen-bond donors (Lipinski definition) is 2. The van der Waals surface area contributed by atoms with Crippen molar-refractivity contribution in [3.8, 4) is 0 Å². The van der Waals surface area contributed by atoms with Gasteiger partial charge < -0.3 is 15.3 Å². The van der Waals surface area contributed by atoms with Crippen LogP contribution in [0.25, 0.3) is 0 Å². The summed E-state index contributed by atoms with van der Waals surface area (Å²) in [6.07, 6.45) is 4.15. The minimum Gasteiger partial charge on any atom is -0.481 e. The van der Waals surface area contributed by atoms with Crippen LogP contribution in [0.4, 0.5) is 0 Å². The Balaban J connectivity index is 2.06. The van der Waals surface area contributed by atoms with E-state index < -0.39 is 17.4 Å². The van der Waals surface area contributed by atoms with Crippen LogP contribution in [0, 0.1) is 5.92 Å². The normalized spacial score (nSPS) is 32.5. The van der Waals surface area contributed by atoms with E-state index in [2.05, 4.69) is 5.32 Å². The Morgan fingerprint density at radius 1 is 1.44 bits per heavy atom. The van der Waals surface area contributed by atoms with Gasteiger partial charge in [-0.3, -0.25) is 9.59 Å². The summed E-state index contributed by atoms with van der Waals surface area (Å²) < 4.78 is 0. The van der Waals surface area contributed by atoms with Gasteiger partial charge in [-0.25, -0.2) is 0 Å². The maximum absolute atomic E-state index is 12.6. The molecule has 2 rings (SSSR count). The third-order valence-corrected chi connectivity index (χ3v) is 4.31. The van der Waals surface area contributed by atoms with Gasteiger partial charge in [-0.05, 0) is 38.6 Å². The van der Waals surface area contributed by atoms with Crippen molar-refractivity contribution >= 4 is 11.9 Å². The fourth-order valence-corrected chi connectivity index (χ4v) is 3.11. The summed E-state index contributed by atoms with van der Waals surface area (Å²) in [5.74, 6) is -1.07. The number of nitrogens with one attached hydrogen (secondary N) is 1. The first-order valence-corrected chi connectivity index (χ1v) is 6.86. The van der Waals surface area contributed by atoms with Gasteiger partial charge in [0.1, 0.15) is 0 Å². The summed E-state index contributed by atoms with van der Waals surface area (Å²) in [5, 5.41) is 12.4. The number of carboxylic acids is 1. The van der Waals surface area contributed by atoms with E-state index in [1.807, 2.05) is 6.92 Å². The Labute approximate surface area is 108 Å². The summed E-state index contributed by atoms with van der Waals surface area (Å²) in [5.41, 5.74) is -0.430. The highest BCUT2D eigenvalue weighted by atomic mass is 16.4. The summed E-state index contributed by atoms with van der Waals surface area (Å²) in [6, 6.07) is 0. The van der Waals surface area contributed by atoms with Gasteiger partial charge in [0.15, 0.2) is 0 Å². The van der Waals surface area contributed by atoms with Crippen molar-refractivity contribution < 1.29 is 14.7 Å². The fourth-order valence-electron chi connectivity index (χ4n) is 3.11. The predicted molar refractivity (Wildman–Crippen MR) is 67.2 cm³/mol. The van der Waals surface area contributed by atoms with Crippen molar-refractivity contribution in [1.82, 2.24) is 10.2 Å². The second-order valence-corrected chi connectivity index (χ2v) is 5.39. The van der Waals surface area contributed by atoms with Gasteiger partial charge in [0, 0.05) is 13.1 Å². The molecule has 0 aliphatic carbocycles. The number of nitrogens with zero attached hydrogens (tertiary/aromatic N) is 1. The van der Waals surface area contributed by atoms with Crippen LogP contribution in [-0.4, -0.2) is 47.1 Å². The first-order valence-electron chi connectivity index (χ1n) is 6.86. The molecule has 0 aromatic rings. The number of carbonyl (C=O) groups excluding carboxylic acids is 1. The van der Waals surface area contributed by atoms with E-state index in [-0.39, 0.29) is 5.91 Å². The lowest BCUT2D eigenvalue weighted by Crippen LogP contribution is -2.57. The van der Waals surface area contributed by atoms with Crippen molar-refractivity contribution in [2.45, 2.75) is 44.6 Å². The molecule has 0 radical (unpaired) electrons. The maximum Gasteiger partial charge on any atom is 0.308 e. The highest BCUT2D eigenvalue weighted by molar-refractivity contribution is 5.87. The van der Waals surface area contributed by atoms with Crippen molar-refractivity contribution in [1.29, 1.82) is 0 Å². The average molecular weight is 254 g/mol. The van der Waals surface area contributed by atoms with Crippen LogP contribution in [0.1, 0.15) is 39.0 Å². The average Bonchev–Trinajstić information content (AvgIpc) is 2.88. The highest BCUT2D eigenvalue weighted by Gasteiger charge is 2.43. The molecule has 2 unspecified atom stereocenters. The SMILES string of the molecule is CCC1(C(=O)N2CCCC(C(=O)O)C2)CCCN1. The molecular weight excluding hydrogens is 232 g/mol. The van der Waals surface area contributed by atoms with Crippen LogP contribution in [0.5, 0.6) is 0 Å². The zero-order valence-electron chi connectivity index (χ0n) is 10.9. The third-order valence-electron chi connectivity index (χ3n) is 4.31. The van der Waals surface area contributed by atoms with Gasteiger partial charge in [0.25, 0.3) is 0 Å². The lowest BCUT2D eigenvalue weighted by atomic mass is 9.90. The number of piperidine rings is 1. The number of aliphatic carboxylic acids is 1. The molecule has 5 nitrogen and oxygen atoms in total. The zero-order chi connectivity index (χ0) is 13.2. The second-order valence-electron chi connectivity index (χ2n) is 5.39. The predicted octanol–water partition coefficient (Wildman–Crippen LogP) is 0.842. The molecule has 2 fully saturated rings. The Kier molecular flexibility index (Phi) is 3.90. The first-order chi connectivity index (χ1) is 8.59. The van der Waals surface area contributed by atoms with Gasteiger partial charge in [-0.15, -0.1) is 0 Å². The Hall–Kier alpha value is -1.10. The molecule has 2 saturated heterocycles. The van der Waals surface area contributed by atoms with Gasteiger partial charge in [0.2, 0.25) is 5.91 Å². The number of hydrogen-bond acceptors (Lipinski definition) is 3. The van der Waals surface area contributed by atoms with Crippen molar-refractivity contribution in [2.24, 2.45) is 5.92 Å². The van der Waals surface area contributed by atoms with Crippen LogP contribution in [0.15, 0.2) is 0 Å². The fraction of sp³-hybridized carbons (Fsp3) is 0.846. The molecular formula is C13H22N2O3. The summed E-state index contributed by atoms with van der Waals surface area (Å²) in [7, 11) is 0. The molecule has 2 atom stereocenters. The monoisotopic (exact) mass is 254 g/mol. The zero-order valence-corrected chi connectivity index (χ0v) is 10.9. The van der Waals surface area contributed by atoms with Gasteiger partial charge in [-0.1, -0.05) is 6.92 Å². The van der Waals surface area contributed by atoms with Gasteiger partial charge in [0.05, 0.1) is 11.5 Å². The molecule has 5 heteroatoms. The maximum atomic E-state index is 12.6. The lowest BCUT2D eigenvalue weighted by Gasteiger charge is -2.37. The first kappa shape index (κ1) is 13.3. The van der Waals surface area contributed by atoms with Crippen molar-refractivity contribution in [3.05, 3.63) is 0 Å². The van der Waals surface area contributed by atoms with Gasteiger partial charge in [-0.2, -0.15) is 0 Å². The van der Waals surface area contributed by atoms with Gasteiger partial charge >= 0.3 is 5.97 Å². The standard InChI is InChI=1S/C13H22N2O3/c1-2-13(6-4-7-14-13)12(18)15-8-3-5-10(9-15)11(16)17/h10,14H,2-9H2,1H3,(H,16,17). The third kappa shape index (κ3) is 2.36. The van der Waals surface area contributed by atoms with E-state index in [1.54, 1.807) is 4.90 Å². The molecule has 0 aromatic carbocycles. The molecule has 2 N–H and O–H groups in total. The quantitative estimate of drug-likeness (QED) is 0.783. The van der Waals surface area contributed by atoms with E-state index in [4.69, 9.17) is 5.11 Å². The number of rotatable bonds is 3. The smallest absolute Gasteiger partial charge is 0.308 e. The molecule has 0 spiro atoms. The Morgan fingerprint density at radius 2 is 2.22 bits per heavy atom. The van der Waals surface area contributed by atoms with E-state index in [9.17, 15) is 9.59 Å². The van der Waals surface area contributed by atoms with Crippen LogP contribution < -0.4 is 5.32 Å². The van der Waals surface area contributed by atoms with Crippen LogP contribution >= 0.6 is 0 Å². The number of amides is 1. The molecule has 2 heterocycles. The molecule has 0 bridgehead atoms.